The van der Waals surface area contributed by atoms with Crippen molar-refractivity contribution in [2.45, 2.75) is 33.6 Å². The monoisotopic (exact) mass is 338 g/mol. The first-order valence-corrected chi connectivity index (χ1v) is 7.37. The molecule has 0 unspecified atom stereocenters. The molecule has 1 aromatic heterocycles. The van der Waals surface area contributed by atoms with E-state index in [2.05, 4.69) is 65.7 Å². The Hall–Kier alpha value is -0.930. The van der Waals surface area contributed by atoms with Gasteiger partial charge in [-0.25, -0.2) is 9.97 Å². The third-order valence-electron chi connectivity index (χ3n) is 3.00. The summed E-state index contributed by atoms with van der Waals surface area (Å²) in [4.78, 5) is 8.94. The van der Waals surface area contributed by atoms with Crippen LogP contribution in [0.1, 0.15) is 36.6 Å². The normalized spacial score (nSPS) is 11.1. The molecular weight excluding hydrogens is 324 g/mol. The van der Waals surface area contributed by atoms with E-state index in [0.29, 0.717) is 16.9 Å². The third kappa shape index (κ3) is 3.15. The zero-order valence-corrected chi connectivity index (χ0v) is 13.8. The van der Waals surface area contributed by atoms with Gasteiger partial charge in [-0.2, -0.15) is 0 Å². The van der Waals surface area contributed by atoms with Gasteiger partial charge in [0.15, 0.2) is 5.82 Å². The molecule has 19 heavy (non-hydrogen) atoms. The van der Waals surface area contributed by atoms with Gasteiger partial charge in [0, 0.05) is 15.7 Å². The predicted octanol–water partition coefficient (Wildman–Crippen LogP) is 5.30. The van der Waals surface area contributed by atoms with E-state index in [9.17, 15) is 0 Å². The van der Waals surface area contributed by atoms with E-state index in [1.54, 1.807) is 0 Å². The molecule has 0 spiro atoms. The second-order valence-corrected chi connectivity index (χ2v) is 6.20. The maximum Gasteiger partial charge on any atom is 0.161 e. The van der Waals surface area contributed by atoms with E-state index in [1.807, 2.05) is 6.07 Å². The minimum absolute atomic E-state index is 0.330. The standard InChI is InChI=1S/C15H16BrClN2/c1-8(2)12-7-13(17)19-15(18-12)11-5-9(3)14(16)10(4)6-11/h5-8H,1-4H3. The van der Waals surface area contributed by atoms with Gasteiger partial charge in [0.2, 0.25) is 0 Å². The number of hydrogen-bond donors (Lipinski definition) is 0. The number of halogens is 2. The predicted molar refractivity (Wildman–Crippen MR) is 83.7 cm³/mol. The number of hydrogen-bond acceptors (Lipinski definition) is 2. The Morgan fingerprint density at radius 3 is 2.16 bits per heavy atom. The molecule has 0 radical (unpaired) electrons. The lowest BCUT2D eigenvalue weighted by Gasteiger charge is -2.10. The Morgan fingerprint density at radius 2 is 1.63 bits per heavy atom. The molecule has 2 aromatic rings. The van der Waals surface area contributed by atoms with Gasteiger partial charge in [0.05, 0.1) is 0 Å². The van der Waals surface area contributed by atoms with E-state index in [4.69, 9.17) is 11.6 Å². The molecule has 0 saturated heterocycles. The molecule has 1 aromatic carbocycles. The van der Waals surface area contributed by atoms with Crippen LogP contribution in [0.15, 0.2) is 22.7 Å². The molecule has 0 aliphatic heterocycles. The fourth-order valence-corrected chi connectivity index (χ4v) is 2.36. The first kappa shape index (κ1) is 14.5. The van der Waals surface area contributed by atoms with E-state index in [-0.39, 0.29) is 0 Å². The summed E-state index contributed by atoms with van der Waals surface area (Å²) in [6.45, 7) is 8.32. The molecule has 2 rings (SSSR count). The average molecular weight is 340 g/mol. The smallest absolute Gasteiger partial charge is 0.161 e. The lowest BCUT2D eigenvalue weighted by molar-refractivity contribution is 0.817. The largest absolute Gasteiger partial charge is 0.233 e. The van der Waals surface area contributed by atoms with Crippen LogP contribution in [-0.2, 0) is 0 Å². The first-order valence-electron chi connectivity index (χ1n) is 6.20. The molecule has 0 atom stereocenters. The second kappa shape index (κ2) is 5.59. The Kier molecular flexibility index (Phi) is 4.26. The lowest BCUT2D eigenvalue weighted by Crippen LogP contribution is -1.98. The van der Waals surface area contributed by atoms with Gasteiger partial charge in [0.25, 0.3) is 0 Å². The molecule has 4 heteroatoms. The Bertz CT molecular complexity index is 601. The number of aromatic nitrogens is 2. The Morgan fingerprint density at radius 1 is 1.05 bits per heavy atom. The highest BCUT2D eigenvalue weighted by Crippen LogP contribution is 2.28. The highest BCUT2D eigenvalue weighted by Gasteiger charge is 2.10. The molecule has 2 nitrogen and oxygen atoms in total. The van der Waals surface area contributed by atoms with Crippen molar-refractivity contribution in [3.8, 4) is 11.4 Å². The highest BCUT2D eigenvalue weighted by molar-refractivity contribution is 9.10. The van der Waals surface area contributed by atoms with Crippen LogP contribution < -0.4 is 0 Å². The zero-order chi connectivity index (χ0) is 14.2. The van der Waals surface area contributed by atoms with Gasteiger partial charge in [0.1, 0.15) is 5.15 Å². The van der Waals surface area contributed by atoms with Crippen LogP contribution >= 0.6 is 27.5 Å². The maximum absolute atomic E-state index is 6.09. The molecule has 0 fully saturated rings. The van der Waals surface area contributed by atoms with Gasteiger partial charge in [-0.15, -0.1) is 0 Å². The number of rotatable bonds is 2. The van der Waals surface area contributed by atoms with Crippen molar-refractivity contribution in [1.82, 2.24) is 9.97 Å². The van der Waals surface area contributed by atoms with E-state index in [1.165, 1.54) is 11.1 Å². The maximum atomic E-state index is 6.09. The van der Waals surface area contributed by atoms with E-state index in [0.717, 1.165) is 15.7 Å². The third-order valence-corrected chi connectivity index (χ3v) is 4.45. The minimum Gasteiger partial charge on any atom is -0.233 e. The van der Waals surface area contributed by atoms with Gasteiger partial charge in [-0.3, -0.25) is 0 Å². The molecule has 0 bridgehead atoms. The minimum atomic E-state index is 0.330. The highest BCUT2D eigenvalue weighted by atomic mass is 79.9. The SMILES string of the molecule is Cc1cc(-c2nc(Cl)cc(C(C)C)n2)cc(C)c1Br. The second-order valence-electron chi connectivity index (χ2n) is 5.02. The summed E-state index contributed by atoms with van der Waals surface area (Å²) in [6.07, 6.45) is 0. The quantitative estimate of drug-likeness (QED) is 0.694. The Labute approximate surface area is 127 Å². The van der Waals surface area contributed by atoms with Crippen LogP contribution in [0.2, 0.25) is 5.15 Å². The molecule has 100 valence electrons. The van der Waals surface area contributed by atoms with Crippen molar-refractivity contribution in [1.29, 1.82) is 0 Å². The fraction of sp³-hybridized carbons (Fsp3) is 0.333. The van der Waals surface area contributed by atoms with Crippen molar-refractivity contribution < 1.29 is 0 Å². The van der Waals surface area contributed by atoms with Crippen LogP contribution in [0.25, 0.3) is 11.4 Å². The number of benzene rings is 1. The van der Waals surface area contributed by atoms with Gasteiger partial charge < -0.3 is 0 Å². The van der Waals surface area contributed by atoms with Crippen molar-refractivity contribution in [2.24, 2.45) is 0 Å². The Balaban J connectivity index is 2.59. The summed E-state index contributed by atoms with van der Waals surface area (Å²) < 4.78 is 1.13. The molecule has 0 amide bonds. The number of aryl methyl sites for hydroxylation is 2. The van der Waals surface area contributed by atoms with E-state index >= 15 is 0 Å². The van der Waals surface area contributed by atoms with Crippen LogP contribution in [0.4, 0.5) is 0 Å². The summed E-state index contributed by atoms with van der Waals surface area (Å²) >= 11 is 9.67. The lowest BCUT2D eigenvalue weighted by atomic mass is 10.1. The number of nitrogens with zero attached hydrogens (tertiary/aromatic N) is 2. The van der Waals surface area contributed by atoms with Crippen LogP contribution in [0.3, 0.4) is 0 Å². The topological polar surface area (TPSA) is 25.8 Å². The van der Waals surface area contributed by atoms with Gasteiger partial charge in [-0.1, -0.05) is 41.4 Å². The van der Waals surface area contributed by atoms with Crippen LogP contribution in [0, 0.1) is 13.8 Å². The van der Waals surface area contributed by atoms with Crippen molar-refractivity contribution in [3.05, 3.63) is 44.6 Å². The summed E-state index contributed by atoms with van der Waals surface area (Å²) in [5.41, 5.74) is 4.31. The summed E-state index contributed by atoms with van der Waals surface area (Å²) in [5, 5.41) is 0.493. The van der Waals surface area contributed by atoms with Crippen molar-refractivity contribution >= 4 is 27.5 Å². The summed E-state index contributed by atoms with van der Waals surface area (Å²) in [6, 6.07) is 5.98. The van der Waals surface area contributed by atoms with Crippen molar-refractivity contribution in [2.75, 3.05) is 0 Å². The molecular formula is C15H16BrClN2. The summed E-state index contributed by atoms with van der Waals surface area (Å²) in [5.74, 6) is 1.02. The average Bonchev–Trinajstić information content (AvgIpc) is 2.34. The molecule has 0 N–H and O–H groups in total. The molecule has 0 aliphatic rings. The van der Waals surface area contributed by atoms with Gasteiger partial charge in [-0.05, 0) is 49.1 Å². The zero-order valence-electron chi connectivity index (χ0n) is 11.5. The fourth-order valence-electron chi connectivity index (χ4n) is 1.93. The van der Waals surface area contributed by atoms with E-state index < -0.39 is 0 Å². The molecule has 0 aliphatic carbocycles. The first-order chi connectivity index (χ1) is 8.88. The van der Waals surface area contributed by atoms with Crippen LogP contribution in [0.5, 0.6) is 0 Å². The van der Waals surface area contributed by atoms with Crippen LogP contribution in [-0.4, -0.2) is 9.97 Å². The summed E-state index contributed by atoms with van der Waals surface area (Å²) in [7, 11) is 0. The van der Waals surface area contributed by atoms with Gasteiger partial charge >= 0.3 is 0 Å². The van der Waals surface area contributed by atoms with Crippen molar-refractivity contribution in [3.63, 3.8) is 0 Å². The molecule has 0 saturated carbocycles. The molecule has 1 heterocycles.